The van der Waals surface area contributed by atoms with Gasteiger partial charge in [0.15, 0.2) is 5.69 Å². The number of hydrogen-bond acceptors (Lipinski definition) is 6. The lowest BCUT2D eigenvalue weighted by atomic mass is 10.3. The van der Waals surface area contributed by atoms with Gasteiger partial charge in [-0.05, 0) is 20.0 Å². The molecular formula is C13H24N4O3. The maximum absolute atomic E-state index is 11.8. The Hall–Kier alpha value is -1.47. The maximum Gasteiger partial charge on any atom is 0.360 e. The van der Waals surface area contributed by atoms with Crippen LogP contribution in [0.1, 0.15) is 30.0 Å². The van der Waals surface area contributed by atoms with Gasteiger partial charge in [0.2, 0.25) is 0 Å². The number of aromatic nitrogens is 3. The zero-order valence-corrected chi connectivity index (χ0v) is 12.8. The van der Waals surface area contributed by atoms with Crippen molar-refractivity contribution in [1.82, 2.24) is 19.9 Å². The third-order valence-electron chi connectivity index (χ3n) is 3.22. The van der Waals surface area contributed by atoms with Crippen LogP contribution in [0.15, 0.2) is 0 Å². The number of rotatable bonds is 9. The van der Waals surface area contributed by atoms with Crippen LogP contribution >= 0.6 is 0 Å². The molecule has 0 aliphatic rings. The number of hydrogen-bond donors (Lipinski definition) is 0. The highest BCUT2D eigenvalue weighted by molar-refractivity contribution is 5.88. The molecule has 0 saturated carbocycles. The van der Waals surface area contributed by atoms with E-state index in [1.54, 1.807) is 11.8 Å². The molecule has 0 aliphatic heterocycles. The van der Waals surface area contributed by atoms with Crippen LogP contribution in [0.5, 0.6) is 0 Å². The van der Waals surface area contributed by atoms with Crippen molar-refractivity contribution in [3.05, 3.63) is 11.4 Å². The minimum absolute atomic E-state index is 0.223. The third kappa shape index (κ3) is 4.57. The highest BCUT2D eigenvalue weighted by Gasteiger charge is 2.17. The summed E-state index contributed by atoms with van der Waals surface area (Å²) in [6, 6.07) is 0. The van der Waals surface area contributed by atoms with E-state index in [9.17, 15) is 4.79 Å². The number of ether oxygens (including phenoxy) is 2. The number of esters is 1. The smallest absolute Gasteiger partial charge is 0.360 e. The Bertz CT molecular complexity index is 416. The summed E-state index contributed by atoms with van der Waals surface area (Å²) in [5.74, 6) is -0.450. The van der Waals surface area contributed by atoms with Crippen molar-refractivity contribution in [3.63, 3.8) is 0 Å². The van der Waals surface area contributed by atoms with Gasteiger partial charge in [0.1, 0.15) is 6.61 Å². The quantitative estimate of drug-likeness (QED) is 0.492. The van der Waals surface area contributed by atoms with Crippen LogP contribution in [0.2, 0.25) is 0 Å². The maximum atomic E-state index is 11.8. The average molecular weight is 284 g/mol. The van der Waals surface area contributed by atoms with E-state index in [-0.39, 0.29) is 12.3 Å². The van der Waals surface area contributed by atoms with Gasteiger partial charge in [-0.25, -0.2) is 9.48 Å². The Morgan fingerprint density at radius 1 is 1.30 bits per heavy atom. The summed E-state index contributed by atoms with van der Waals surface area (Å²) in [7, 11) is 1.56. The average Bonchev–Trinajstić information content (AvgIpc) is 2.81. The molecule has 0 saturated heterocycles. The van der Waals surface area contributed by atoms with Crippen LogP contribution in [-0.2, 0) is 16.0 Å². The minimum atomic E-state index is -0.450. The second-order valence-electron chi connectivity index (χ2n) is 4.40. The van der Waals surface area contributed by atoms with Crippen LogP contribution in [0.25, 0.3) is 0 Å². The Labute approximate surface area is 119 Å². The molecule has 0 N–H and O–H groups in total. The molecule has 0 radical (unpaired) electrons. The van der Waals surface area contributed by atoms with E-state index >= 15 is 0 Å². The Morgan fingerprint density at radius 3 is 2.60 bits per heavy atom. The van der Waals surface area contributed by atoms with E-state index in [0.29, 0.717) is 13.2 Å². The van der Waals surface area contributed by atoms with Gasteiger partial charge in [-0.3, -0.25) is 0 Å². The first-order valence-electron chi connectivity index (χ1n) is 6.92. The van der Waals surface area contributed by atoms with E-state index < -0.39 is 5.97 Å². The van der Waals surface area contributed by atoms with Crippen molar-refractivity contribution < 1.29 is 14.3 Å². The number of likely N-dealkylation sites (N-methyl/N-ethyl adjacent to an activating group) is 1. The van der Waals surface area contributed by atoms with Crippen molar-refractivity contribution in [2.75, 3.05) is 40.0 Å². The minimum Gasteiger partial charge on any atom is -0.458 e. The van der Waals surface area contributed by atoms with Crippen LogP contribution < -0.4 is 0 Å². The van der Waals surface area contributed by atoms with Crippen molar-refractivity contribution in [3.8, 4) is 0 Å². The van der Waals surface area contributed by atoms with Gasteiger partial charge in [0, 0.05) is 13.7 Å². The molecule has 0 unspecified atom stereocenters. The van der Waals surface area contributed by atoms with E-state index in [1.165, 1.54) is 0 Å². The number of nitrogens with zero attached hydrogens (tertiary/aromatic N) is 4. The van der Waals surface area contributed by atoms with E-state index in [1.807, 2.05) is 6.92 Å². The first kappa shape index (κ1) is 16.6. The predicted molar refractivity (Wildman–Crippen MR) is 74.7 cm³/mol. The Kier molecular flexibility index (Phi) is 7.17. The first-order chi connectivity index (χ1) is 9.63. The summed E-state index contributed by atoms with van der Waals surface area (Å²) in [6.45, 7) is 10.3. The van der Waals surface area contributed by atoms with Crippen LogP contribution in [0.4, 0.5) is 0 Å². The summed E-state index contributed by atoms with van der Waals surface area (Å²) < 4.78 is 11.6. The lowest BCUT2D eigenvalue weighted by Crippen LogP contribution is -2.27. The molecule has 0 amide bonds. The molecule has 1 aromatic heterocycles. The molecule has 0 aliphatic carbocycles. The molecule has 0 aromatic carbocycles. The van der Waals surface area contributed by atoms with Crippen LogP contribution in [0, 0.1) is 6.92 Å². The number of carbonyl (C=O) groups is 1. The Balaban J connectivity index is 2.57. The van der Waals surface area contributed by atoms with Gasteiger partial charge in [-0.1, -0.05) is 19.1 Å². The normalized spacial score (nSPS) is 11.1. The summed E-state index contributed by atoms with van der Waals surface area (Å²) in [5.41, 5.74) is 1.01. The fourth-order valence-electron chi connectivity index (χ4n) is 1.82. The number of carbonyl (C=O) groups excluding carboxylic acids is 1. The summed E-state index contributed by atoms with van der Waals surface area (Å²) in [6.07, 6.45) is 0. The topological polar surface area (TPSA) is 69.5 Å². The highest BCUT2D eigenvalue weighted by atomic mass is 16.6. The molecule has 7 nitrogen and oxygen atoms in total. The zero-order valence-electron chi connectivity index (χ0n) is 12.8. The summed E-state index contributed by atoms with van der Waals surface area (Å²) >= 11 is 0. The molecule has 20 heavy (non-hydrogen) atoms. The van der Waals surface area contributed by atoms with Crippen LogP contribution in [-0.4, -0.2) is 65.8 Å². The van der Waals surface area contributed by atoms with Gasteiger partial charge in [-0.15, -0.1) is 5.10 Å². The first-order valence-corrected chi connectivity index (χ1v) is 6.92. The lowest BCUT2D eigenvalue weighted by Gasteiger charge is -2.17. The van der Waals surface area contributed by atoms with Crippen LogP contribution in [0.3, 0.4) is 0 Å². The fraction of sp³-hybridized carbons (Fsp3) is 0.769. The fourth-order valence-corrected chi connectivity index (χ4v) is 1.82. The molecule has 0 atom stereocenters. The summed E-state index contributed by atoms with van der Waals surface area (Å²) in [5, 5.41) is 7.92. The molecule has 0 spiro atoms. The van der Waals surface area contributed by atoms with Crippen molar-refractivity contribution in [2.24, 2.45) is 0 Å². The van der Waals surface area contributed by atoms with Gasteiger partial charge < -0.3 is 14.4 Å². The lowest BCUT2D eigenvalue weighted by molar-refractivity contribution is 0.0380. The molecule has 0 bridgehead atoms. The zero-order chi connectivity index (χ0) is 15.0. The van der Waals surface area contributed by atoms with E-state index in [0.717, 1.165) is 25.3 Å². The van der Waals surface area contributed by atoms with Gasteiger partial charge in [0.05, 0.1) is 18.8 Å². The predicted octanol–water partition coefficient (Wildman–Crippen LogP) is 0.732. The second-order valence-corrected chi connectivity index (χ2v) is 4.40. The molecule has 0 fully saturated rings. The molecule has 7 heteroatoms. The monoisotopic (exact) mass is 284 g/mol. The van der Waals surface area contributed by atoms with E-state index in [2.05, 4.69) is 29.1 Å². The number of methoxy groups -OCH3 is 1. The molecule has 1 aromatic rings. The van der Waals surface area contributed by atoms with Crippen molar-refractivity contribution in [2.45, 2.75) is 27.3 Å². The highest BCUT2D eigenvalue weighted by Crippen LogP contribution is 2.06. The summed E-state index contributed by atoms with van der Waals surface area (Å²) in [4.78, 5) is 14.1. The molecule has 1 heterocycles. The van der Waals surface area contributed by atoms with E-state index in [4.69, 9.17) is 9.47 Å². The SMILES string of the molecule is CCN(CC)CCn1nnc(C(=O)OCCOC)c1C. The molecule has 114 valence electrons. The molecular weight excluding hydrogens is 260 g/mol. The van der Waals surface area contributed by atoms with Gasteiger partial charge in [0.25, 0.3) is 0 Å². The third-order valence-corrected chi connectivity index (χ3v) is 3.22. The standard InChI is InChI=1S/C13H24N4O3/c1-5-16(6-2)7-8-17-11(3)12(14-15-17)13(18)20-10-9-19-4/h5-10H2,1-4H3. The van der Waals surface area contributed by atoms with Gasteiger partial charge >= 0.3 is 5.97 Å². The second kappa shape index (κ2) is 8.65. The molecule has 1 rings (SSSR count). The largest absolute Gasteiger partial charge is 0.458 e. The van der Waals surface area contributed by atoms with Crippen molar-refractivity contribution >= 4 is 5.97 Å². The van der Waals surface area contributed by atoms with Gasteiger partial charge in [-0.2, -0.15) is 0 Å². The Morgan fingerprint density at radius 2 is 2.00 bits per heavy atom. The van der Waals surface area contributed by atoms with Crippen molar-refractivity contribution in [1.29, 1.82) is 0 Å².